The number of imidazole rings is 1. The Hall–Kier alpha value is -2.37. The van der Waals surface area contributed by atoms with Gasteiger partial charge in [-0.3, -0.25) is 9.59 Å². The Morgan fingerprint density at radius 3 is 2.66 bits per heavy atom. The fourth-order valence-electron chi connectivity index (χ4n) is 5.39. The van der Waals surface area contributed by atoms with Crippen LogP contribution in [0.5, 0.6) is 0 Å². The third kappa shape index (κ3) is 3.32. The van der Waals surface area contributed by atoms with Gasteiger partial charge in [-0.25, -0.2) is 4.98 Å². The van der Waals surface area contributed by atoms with E-state index in [4.69, 9.17) is 0 Å². The molecule has 1 aliphatic carbocycles. The summed E-state index contributed by atoms with van der Waals surface area (Å²) in [6.07, 6.45) is 8.19. The summed E-state index contributed by atoms with van der Waals surface area (Å²) in [5.41, 5.74) is 2.40. The largest absolute Gasteiger partial charge is 0.338 e. The summed E-state index contributed by atoms with van der Waals surface area (Å²) in [6.45, 7) is 5.40. The van der Waals surface area contributed by atoms with Crippen molar-refractivity contribution >= 4 is 22.8 Å². The van der Waals surface area contributed by atoms with Gasteiger partial charge in [0, 0.05) is 37.8 Å². The molecular weight excluding hydrogens is 364 g/mol. The average Bonchev–Trinajstić information content (AvgIpc) is 3.13. The number of nitrogens with zero attached hydrogens (tertiary/aromatic N) is 4. The first kappa shape index (κ1) is 18.6. The Morgan fingerprint density at radius 2 is 1.86 bits per heavy atom. The summed E-state index contributed by atoms with van der Waals surface area (Å²) in [5, 5.41) is 0. The second kappa shape index (κ2) is 7.47. The molecule has 0 unspecified atom stereocenters. The maximum Gasteiger partial charge on any atom is 0.290 e. The number of benzene rings is 1. The number of carbonyl (C=O) groups excluding carboxylic acids is 2. The number of amides is 2. The quantitative estimate of drug-likeness (QED) is 0.780. The lowest BCUT2D eigenvalue weighted by molar-refractivity contribution is 0.0565. The van der Waals surface area contributed by atoms with Gasteiger partial charge in [0.25, 0.3) is 11.8 Å². The zero-order valence-electron chi connectivity index (χ0n) is 17.3. The van der Waals surface area contributed by atoms with Crippen LogP contribution in [0.25, 0.3) is 11.0 Å². The summed E-state index contributed by atoms with van der Waals surface area (Å²) in [7, 11) is 0. The van der Waals surface area contributed by atoms with E-state index in [0.717, 1.165) is 56.5 Å². The Labute approximate surface area is 171 Å². The first-order valence-corrected chi connectivity index (χ1v) is 11.2. The lowest BCUT2D eigenvalue weighted by atomic mass is 9.94. The highest BCUT2D eigenvalue weighted by Gasteiger charge is 2.33. The van der Waals surface area contributed by atoms with Gasteiger partial charge in [0.15, 0.2) is 5.82 Å². The fourth-order valence-corrected chi connectivity index (χ4v) is 5.39. The smallest absolute Gasteiger partial charge is 0.290 e. The monoisotopic (exact) mass is 394 g/mol. The van der Waals surface area contributed by atoms with E-state index >= 15 is 0 Å². The van der Waals surface area contributed by atoms with E-state index in [2.05, 4.69) is 11.9 Å². The van der Waals surface area contributed by atoms with Crippen LogP contribution in [-0.2, 0) is 6.54 Å². The van der Waals surface area contributed by atoms with Crippen molar-refractivity contribution < 1.29 is 9.59 Å². The lowest BCUT2D eigenvalue weighted by Crippen LogP contribution is -2.47. The minimum Gasteiger partial charge on any atom is -0.338 e. The maximum atomic E-state index is 13.2. The molecule has 1 aromatic heterocycles. The number of fused-ring (bicyclic) bond motifs is 3. The van der Waals surface area contributed by atoms with E-state index in [-0.39, 0.29) is 11.8 Å². The van der Waals surface area contributed by atoms with Gasteiger partial charge in [-0.1, -0.05) is 26.2 Å². The van der Waals surface area contributed by atoms with Crippen LogP contribution < -0.4 is 0 Å². The van der Waals surface area contributed by atoms with Gasteiger partial charge in [-0.15, -0.1) is 0 Å². The summed E-state index contributed by atoms with van der Waals surface area (Å²) in [4.78, 5) is 34.8. The zero-order chi connectivity index (χ0) is 20.0. The molecule has 3 heterocycles. The molecule has 2 fully saturated rings. The molecule has 2 amide bonds. The predicted octanol–water partition coefficient (Wildman–Crippen LogP) is 3.70. The van der Waals surface area contributed by atoms with Crippen molar-refractivity contribution in [2.75, 3.05) is 19.6 Å². The minimum atomic E-state index is 0.0529. The van der Waals surface area contributed by atoms with E-state index in [0.29, 0.717) is 23.3 Å². The highest BCUT2D eigenvalue weighted by Crippen LogP contribution is 2.28. The molecule has 2 aromatic rings. The lowest BCUT2D eigenvalue weighted by Gasteiger charge is -2.36. The van der Waals surface area contributed by atoms with Gasteiger partial charge in [0.1, 0.15) is 0 Å². The van der Waals surface area contributed by atoms with Crippen LogP contribution in [0.2, 0.25) is 0 Å². The molecular formula is C23H30N4O2. The van der Waals surface area contributed by atoms with Gasteiger partial charge in [0.05, 0.1) is 11.0 Å². The average molecular weight is 395 g/mol. The van der Waals surface area contributed by atoms with Crippen LogP contribution in [-0.4, -0.2) is 56.8 Å². The van der Waals surface area contributed by atoms with Gasteiger partial charge in [0.2, 0.25) is 0 Å². The molecule has 29 heavy (non-hydrogen) atoms. The molecule has 6 nitrogen and oxygen atoms in total. The van der Waals surface area contributed by atoms with E-state index in [1.807, 2.05) is 32.6 Å². The number of aromatic nitrogens is 2. The Balaban J connectivity index is 1.42. The van der Waals surface area contributed by atoms with Gasteiger partial charge < -0.3 is 14.4 Å². The van der Waals surface area contributed by atoms with Crippen molar-refractivity contribution in [3.05, 3.63) is 29.6 Å². The molecule has 0 radical (unpaired) electrons. The van der Waals surface area contributed by atoms with Crippen LogP contribution >= 0.6 is 0 Å². The van der Waals surface area contributed by atoms with Crippen molar-refractivity contribution in [2.45, 2.75) is 64.5 Å². The van der Waals surface area contributed by atoms with Crippen molar-refractivity contribution in [1.29, 1.82) is 0 Å². The molecule has 3 aliphatic rings. The highest BCUT2D eigenvalue weighted by molar-refractivity contribution is 6.00. The van der Waals surface area contributed by atoms with Crippen molar-refractivity contribution in [3.8, 4) is 0 Å². The molecule has 1 saturated heterocycles. The third-order valence-corrected chi connectivity index (χ3v) is 6.97. The van der Waals surface area contributed by atoms with Crippen LogP contribution in [0.3, 0.4) is 0 Å². The Morgan fingerprint density at radius 1 is 1.03 bits per heavy atom. The molecule has 5 rings (SSSR count). The van der Waals surface area contributed by atoms with Gasteiger partial charge in [-0.05, 0) is 49.8 Å². The number of piperidine rings is 1. The van der Waals surface area contributed by atoms with Crippen molar-refractivity contribution in [1.82, 2.24) is 19.4 Å². The summed E-state index contributed by atoms with van der Waals surface area (Å²) >= 11 is 0. The molecule has 1 atom stereocenters. The Kier molecular flexibility index (Phi) is 4.80. The summed E-state index contributed by atoms with van der Waals surface area (Å²) < 4.78 is 2.04. The zero-order valence-corrected chi connectivity index (χ0v) is 17.3. The molecule has 1 aromatic carbocycles. The molecule has 2 aliphatic heterocycles. The topological polar surface area (TPSA) is 58.4 Å². The Bertz CT molecular complexity index is 944. The second-order valence-corrected chi connectivity index (χ2v) is 9.08. The normalized spacial score (nSPS) is 23.5. The molecule has 0 spiro atoms. The summed E-state index contributed by atoms with van der Waals surface area (Å²) in [5.74, 6) is 1.23. The fraction of sp³-hybridized carbons (Fsp3) is 0.609. The van der Waals surface area contributed by atoms with Crippen molar-refractivity contribution in [2.24, 2.45) is 5.92 Å². The van der Waals surface area contributed by atoms with Gasteiger partial charge in [-0.2, -0.15) is 0 Å². The van der Waals surface area contributed by atoms with Gasteiger partial charge >= 0.3 is 0 Å². The van der Waals surface area contributed by atoms with E-state index in [1.165, 1.54) is 25.7 Å². The SMILES string of the molecule is C[C@@H]1CCCN(C(=O)c2ccc3c(c2)nc2n3CCN(C3CCCCC3)C2=O)C1. The highest BCUT2D eigenvalue weighted by atomic mass is 16.2. The van der Waals surface area contributed by atoms with E-state index in [9.17, 15) is 9.59 Å². The molecule has 0 N–H and O–H groups in total. The molecule has 6 heteroatoms. The molecule has 0 bridgehead atoms. The third-order valence-electron chi connectivity index (χ3n) is 6.97. The van der Waals surface area contributed by atoms with Crippen LogP contribution in [0.4, 0.5) is 0 Å². The number of hydrogen-bond donors (Lipinski definition) is 0. The number of likely N-dealkylation sites (tertiary alicyclic amines) is 1. The first-order chi connectivity index (χ1) is 14.1. The van der Waals surface area contributed by atoms with Crippen LogP contribution in [0, 0.1) is 5.92 Å². The predicted molar refractivity (Wildman–Crippen MR) is 112 cm³/mol. The minimum absolute atomic E-state index is 0.0529. The standard InChI is InChI=1S/C23H30N4O2/c1-16-6-5-11-25(15-16)22(28)17-9-10-20-19(14-17)24-21-23(29)26(12-13-27(20)21)18-7-3-2-4-8-18/h9-10,14,16,18H,2-8,11-13,15H2,1H3/t16-/m1/s1. The van der Waals surface area contributed by atoms with Crippen LogP contribution in [0.1, 0.15) is 72.8 Å². The maximum absolute atomic E-state index is 13.2. The number of hydrogen-bond acceptors (Lipinski definition) is 3. The van der Waals surface area contributed by atoms with E-state index in [1.54, 1.807) is 0 Å². The summed E-state index contributed by atoms with van der Waals surface area (Å²) in [6, 6.07) is 6.11. The second-order valence-electron chi connectivity index (χ2n) is 9.08. The molecule has 154 valence electrons. The molecule has 1 saturated carbocycles. The van der Waals surface area contributed by atoms with Crippen LogP contribution in [0.15, 0.2) is 18.2 Å². The van der Waals surface area contributed by atoms with Crippen molar-refractivity contribution in [3.63, 3.8) is 0 Å². The first-order valence-electron chi connectivity index (χ1n) is 11.2. The number of carbonyl (C=O) groups is 2. The van der Waals surface area contributed by atoms with E-state index < -0.39 is 0 Å². The number of rotatable bonds is 2.